The molecule has 0 spiro atoms. The van der Waals surface area contributed by atoms with Crippen LogP contribution in [0.5, 0.6) is 5.75 Å². The monoisotopic (exact) mass is 369 g/mol. The second-order valence-electron chi connectivity index (χ2n) is 6.29. The van der Waals surface area contributed by atoms with Crippen LogP contribution in [0.15, 0.2) is 18.2 Å². The molecule has 7 heteroatoms. The Morgan fingerprint density at radius 1 is 1.36 bits per heavy atom. The fraction of sp³-hybridized carbons (Fsp3) is 0.556. The Kier molecular flexibility index (Phi) is 8.72. The van der Waals surface area contributed by atoms with E-state index in [1.54, 1.807) is 32.3 Å². The van der Waals surface area contributed by atoms with Gasteiger partial charge in [-0.15, -0.1) is 12.4 Å². The number of hydrogen-bond donors (Lipinski definition) is 2. The molecule has 25 heavy (non-hydrogen) atoms. The second kappa shape index (κ2) is 10.3. The largest absolute Gasteiger partial charge is 0.492 e. The lowest BCUT2D eigenvalue weighted by atomic mass is 10.0. The number of halogens is 1. The van der Waals surface area contributed by atoms with Gasteiger partial charge in [0.2, 0.25) is 5.91 Å². The summed E-state index contributed by atoms with van der Waals surface area (Å²) >= 11 is 0. The number of nitrogens with zero attached hydrogens (tertiary/aromatic N) is 1. The molecular weight excluding hydrogens is 342 g/mol. The second-order valence-corrected chi connectivity index (χ2v) is 6.29. The van der Waals surface area contributed by atoms with Gasteiger partial charge in [-0.3, -0.25) is 9.59 Å². The van der Waals surface area contributed by atoms with Crippen molar-refractivity contribution >= 4 is 29.9 Å². The molecule has 1 aliphatic rings. The van der Waals surface area contributed by atoms with Gasteiger partial charge in [0, 0.05) is 26.1 Å². The van der Waals surface area contributed by atoms with Crippen LogP contribution in [0.3, 0.4) is 0 Å². The maximum atomic E-state index is 12.3. The molecule has 0 radical (unpaired) electrons. The van der Waals surface area contributed by atoms with Gasteiger partial charge in [-0.25, -0.2) is 0 Å². The number of carbonyl (C=O) groups excluding carboxylic acids is 2. The van der Waals surface area contributed by atoms with E-state index in [1.165, 1.54) is 4.90 Å². The molecule has 140 valence electrons. The summed E-state index contributed by atoms with van der Waals surface area (Å²) in [4.78, 5) is 25.9. The third-order valence-corrected chi connectivity index (χ3v) is 4.15. The third-order valence-electron chi connectivity index (χ3n) is 4.15. The first kappa shape index (κ1) is 21.3. The van der Waals surface area contributed by atoms with Gasteiger partial charge in [0.15, 0.2) is 0 Å². The quantitative estimate of drug-likeness (QED) is 0.774. The average Bonchev–Trinajstić information content (AvgIpc) is 3.07. The van der Waals surface area contributed by atoms with Crippen molar-refractivity contribution < 1.29 is 14.3 Å². The van der Waals surface area contributed by atoms with Crippen LogP contribution in [-0.2, 0) is 4.79 Å². The van der Waals surface area contributed by atoms with Crippen molar-refractivity contribution in [3.05, 3.63) is 23.8 Å². The Hall–Kier alpha value is -1.79. The van der Waals surface area contributed by atoms with E-state index in [1.807, 2.05) is 6.92 Å². The minimum absolute atomic E-state index is 0. The van der Waals surface area contributed by atoms with Gasteiger partial charge < -0.3 is 20.3 Å². The lowest BCUT2D eigenvalue weighted by Gasteiger charge is -2.15. The molecule has 1 aliphatic heterocycles. The lowest BCUT2D eigenvalue weighted by Crippen LogP contribution is -2.22. The minimum atomic E-state index is -0.106. The molecule has 0 bridgehead atoms. The smallest absolute Gasteiger partial charge is 0.253 e. The number of hydrogen-bond acceptors (Lipinski definition) is 4. The zero-order valence-corrected chi connectivity index (χ0v) is 15.9. The maximum Gasteiger partial charge on any atom is 0.253 e. The summed E-state index contributed by atoms with van der Waals surface area (Å²) in [5.41, 5.74) is 1.08. The van der Waals surface area contributed by atoms with Crippen LogP contribution in [0.1, 0.15) is 36.5 Å². The molecule has 6 nitrogen and oxygen atoms in total. The summed E-state index contributed by atoms with van der Waals surface area (Å²) in [6.07, 6.45) is 2.48. The van der Waals surface area contributed by atoms with Crippen molar-refractivity contribution in [2.45, 2.75) is 26.2 Å². The van der Waals surface area contributed by atoms with E-state index in [0.717, 1.165) is 25.9 Å². The summed E-state index contributed by atoms with van der Waals surface area (Å²) < 4.78 is 5.56. The van der Waals surface area contributed by atoms with Crippen molar-refractivity contribution in [2.75, 3.05) is 39.1 Å². The van der Waals surface area contributed by atoms with E-state index in [4.69, 9.17) is 4.74 Å². The van der Waals surface area contributed by atoms with Crippen molar-refractivity contribution in [1.82, 2.24) is 10.2 Å². The summed E-state index contributed by atoms with van der Waals surface area (Å²) in [5.74, 6) is 1.01. The van der Waals surface area contributed by atoms with Gasteiger partial charge >= 0.3 is 0 Å². The van der Waals surface area contributed by atoms with Gasteiger partial charge in [-0.2, -0.15) is 0 Å². The van der Waals surface area contributed by atoms with Crippen LogP contribution in [0.4, 0.5) is 5.69 Å². The molecule has 1 aromatic carbocycles. The predicted octanol–water partition coefficient (Wildman–Crippen LogP) is 2.54. The molecule has 0 aromatic heterocycles. The van der Waals surface area contributed by atoms with Gasteiger partial charge in [-0.1, -0.05) is 0 Å². The SMILES string of the molecule is CCOc1ccc(C(=O)N(C)C)cc1NC(=O)CCC1CCNC1.Cl. The van der Waals surface area contributed by atoms with Crippen LogP contribution >= 0.6 is 12.4 Å². The van der Waals surface area contributed by atoms with E-state index in [-0.39, 0.29) is 24.2 Å². The van der Waals surface area contributed by atoms with Crippen LogP contribution in [-0.4, -0.2) is 50.5 Å². The van der Waals surface area contributed by atoms with Crippen molar-refractivity contribution in [3.63, 3.8) is 0 Å². The van der Waals surface area contributed by atoms with Crippen LogP contribution < -0.4 is 15.4 Å². The molecule has 1 atom stereocenters. The fourth-order valence-corrected chi connectivity index (χ4v) is 2.81. The Morgan fingerprint density at radius 2 is 2.12 bits per heavy atom. The summed E-state index contributed by atoms with van der Waals surface area (Å²) in [6, 6.07) is 5.13. The molecule has 1 heterocycles. The topological polar surface area (TPSA) is 70.7 Å². The highest BCUT2D eigenvalue weighted by Gasteiger charge is 2.17. The fourth-order valence-electron chi connectivity index (χ4n) is 2.81. The van der Waals surface area contributed by atoms with E-state index in [2.05, 4.69) is 10.6 Å². The number of benzene rings is 1. The zero-order chi connectivity index (χ0) is 17.5. The summed E-state index contributed by atoms with van der Waals surface area (Å²) in [7, 11) is 3.40. The minimum Gasteiger partial charge on any atom is -0.492 e. The number of nitrogens with one attached hydrogen (secondary N) is 2. The normalized spacial score (nSPS) is 16.0. The lowest BCUT2D eigenvalue weighted by molar-refractivity contribution is -0.116. The summed E-state index contributed by atoms with van der Waals surface area (Å²) in [5, 5.41) is 6.21. The highest BCUT2D eigenvalue weighted by atomic mass is 35.5. The highest BCUT2D eigenvalue weighted by Crippen LogP contribution is 2.27. The molecule has 2 rings (SSSR count). The third kappa shape index (κ3) is 6.21. The van der Waals surface area contributed by atoms with Gasteiger partial charge in [-0.05, 0) is 57.0 Å². The van der Waals surface area contributed by atoms with E-state index < -0.39 is 0 Å². The van der Waals surface area contributed by atoms with Crippen LogP contribution in [0.25, 0.3) is 0 Å². The van der Waals surface area contributed by atoms with Crippen LogP contribution in [0.2, 0.25) is 0 Å². The number of rotatable bonds is 7. The first-order valence-corrected chi connectivity index (χ1v) is 8.50. The van der Waals surface area contributed by atoms with E-state index >= 15 is 0 Å². The van der Waals surface area contributed by atoms with E-state index in [9.17, 15) is 9.59 Å². The Labute approximate surface area is 155 Å². The molecule has 2 amide bonds. The number of amides is 2. The van der Waals surface area contributed by atoms with Crippen molar-refractivity contribution in [3.8, 4) is 5.75 Å². The van der Waals surface area contributed by atoms with E-state index in [0.29, 0.717) is 35.9 Å². The Balaban J connectivity index is 0.00000312. The van der Waals surface area contributed by atoms with Crippen molar-refractivity contribution in [2.24, 2.45) is 5.92 Å². The van der Waals surface area contributed by atoms with Crippen LogP contribution in [0, 0.1) is 5.92 Å². The van der Waals surface area contributed by atoms with Gasteiger partial charge in [0.25, 0.3) is 5.91 Å². The molecule has 1 aromatic rings. The predicted molar refractivity (Wildman–Crippen MR) is 102 cm³/mol. The standard InChI is InChI=1S/C18H27N3O3.ClH/c1-4-24-16-7-6-14(18(23)21(2)3)11-15(16)20-17(22)8-5-13-9-10-19-12-13;/h6-7,11,13,19H,4-5,8-10,12H2,1-3H3,(H,20,22);1H. The number of carbonyl (C=O) groups is 2. The van der Waals surface area contributed by atoms with Gasteiger partial charge in [0.1, 0.15) is 5.75 Å². The molecule has 0 aliphatic carbocycles. The molecule has 1 fully saturated rings. The molecule has 2 N–H and O–H groups in total. The molecular formula is C18H28ClN3O3. The Morgan fingerprint density at radius 3 is 2.72 bits per heavy atom. The summed E-state index contributed by atoms with van der Waals surface area (Å²) in [6.45, 7) is 4.41. The molecule has 0 saturated carbocycles. The first-order chi connectivity index (χ1) is 11.5. The zero-order valence-electron chi connectivity index (χ0n) is 15.1. The molecule has 1 saturated heterocycles. The van der Waals surface area contributed by atoms with Gasteiger partial charge in [0.05, 0.1) is 12.3 Å². The molecule has 1 unspecified atom stereocenters. The first-order valence-electron chi connectivity index (χ1n) is 8.50. The maximum absolute atomic E-state index is 12.3. The highest BCUT2D eigenvalue weighted by molar-refractivity contribution is 5.98. The number of anilines is 1. The average molecular weight is 370 g/mol. The number of ether oxygens (including phenoxy) is 1. The van der Waals surface area contributed by atoms with Crippen molar-refractivity contribution in [1.29, 1.82) is 0 Å². The Bertz CT molecular complexity index is 587.